The molecule has 0 bridgehead atoms. The van der Waals surface area contributed by atoms with Gasteiger partial charge in [-0.25, -0.2) is 9.97 Å². The first-order chi connectivity index (χ1) is 9.80. The molecule has 0 aliphatic carbocycles. The highest BCUT2D eigenvalue weighted by molar-refractivity contribution is 5.14. The van der Waals surface area contributed by atoms with E-state index in [0.717, 1.165) is 12.1 Å². The van der Waals surface area contributed by atoms with Crippen molar-refractivity contribution in [3.63, 3.8) is 0 Å². The van der Waals surface area contributed by atoms with Gasteiger partial charge in [-0.2, -0.15) is 0 Å². The average Bonchev–Trinajstić information content (AvgIpc) is 2.49. The molecule has 0 radical (unpaired) electrons. The largest absolute Gasteiger partial charge is 0.481 e. The minimum atomic E-state index is 0.487. The maximum atomic E-state index is 5.13. The van der Waals surface area contributed by atoms with Crippen molar-refractivity contribution in [1.29, 1.82) is 0 Å². The first-order valence-corrected chi connectivity index (χ1v) is 7.82. The predicted octanol–water partition coefficient (Wildman–Crippen LogP) is 3.37. The molecule has 4 nitrogen and oxygen atoms in total. The lowest BCUT2D eigenvalue weighted by Crippen LogP contribution is -2.27. The number of methoxy groups -OCH3 is 1. The van der Waals surface area contributed by atoms with Crippen molar-refractivity contribution in [3.8, 4) is 5.88 Å². The summed E-state index contributed by atoms with van der Waals surface area (Å²) in [7, 11) is 3.66. The molecule has 1 aromatic heterocycles. The highest BCUT2D eigenvalue weighted by Gasteiger charge is 2.09. The Kier molecular flexibility index (Phi) is 8.96. The Balaban J connectivity index is 2.27. The molecule has 0 aliphatic heterocycles. The van der Waals surface area contributed by atoms with Gasteiger partial charge in [0.2, 0.25) is 5.88 Å². The number of likely N-dealkylation sites (N-methyl/N-ethyl adjacent to an activating group) is 1. The van der Waals surface area contributed by atoms with Crippen LogP contribution in [0.1, 0.15) is 57.6 Å². The van der Waals surface area contributed by atoms with Gasteiger partial charge in [-0.1, -0.05) is 45.4 Å². The lowest BCUT2D eigenvalue weighted by atomic mass is 10.0. The molecule has 20 heavy (non-hydrogen) atoms. The zero-order valence-corrected chi connectivity index (χ0v) is 13.2. The highest BCUT2D eigenvalue weighted by atomic mass is 16.5. The topological polar surface area (TPSA) is 47.0 Å². The van der Waals surface area contributed by atoms with Crippen molar-refractivity contribution in [3.05, 3.63) is 18.1 Å². The van der Waals surface area contributed by atoms with E-state index in [1.165, 1.54) is 44.9 Å². The quantitative estimate of drug-likeness (QED) is 0.631. The Morgan fingerprint density at radius 3 is 2.60 bits per heavy atom. The molecule has 1 heterocycles. The molecular formula is C16H29N3O. The van der Waals surface area contributed by atoms with Gasteiger partial charge < -0.3 is 10.1 Å². The Hall–Kier alpha value is -1.16. The summed E-state index contributed by atoms with van der Waals surface area (Å²) in [6.45, 7) is 2.26. The monoisotopic (exact) mass is 279 g/mol. The van der Waals surface area contributed by atoms with Gasteiger partial charge in [0.1, 0.15) is 6.33 Å². The van der Waals surface area contributed by atoms with Crippen molar-refractivity contribution in [2.24, 2.45) is 0 Å². The smallest absolute Gasteiger partial charge is 0.216 e. The first kappa shape index (κ1) is 16.9. The molecule has 0 saturated heterocycles. The molecule has 4 heteroatoms. The van der Waals surface area contributed by atoms with Crippen LogP contribution in [-0.4, -0.2) is 30.2 Å². The Labute approximate surface area is 123 Å². The van der Waals surface area contributed by atoms with Crippen LogP contribution in [-0.2, 0) is 6.42 Å². The lowest BCUT2D eigenvalue weighted by molar-refractivity contribution is 0.394. The SMILES string of the molecule is CCCCCCCCC(Cc1cc(OC)ncn1)NC. The van der Waals surface area contributed by atoms with Crippen LogP contribution in [0.3, 0.4) is 0 Å². The Morgan fingerprint density at radius 2 is 1.90 bits per heavy atom. The Morgan fingerprint density at radius 1 is 1.15 bits per heavy atom. The molecule has 1 unspecified atom stereocenters. The van der Waals surface area contributed by atoms with E-state index in [4.69, 9.17) is 4.74 Å². The molecule has 1 N–H and O–H groups in total. The summed E-state index contributed by atoms with van der Waals surface area (Å²) < 4.78 is 5.13. The molecule has 0 fully saturated rings. The fourth-order valence-electron chi connectivity index (χ4n) is 2.37. The second kappa shape index (κ2) is 10.6. The number of ether oxygens (including phenoxy) is 1. The molecular weight excluding hydrogens is 250 g/mol. The fraction of sp³-hybridized carbons (Fsp3) is 0.750. The highest BCUT2D eigenvalue weighted by Crippen LogP contribution is 2.13. The molecule has 0 saturated carbocycles. The number of unbranched alkanes of at least 4 members (excludes halogenated alkanes) is 5. The van der Waals surface area contributed by atoms with Gasteiger partial charge in [0.15, 0.2) is 0 Å². The molecule has 0 aromatic carbocycles. The number of hydrogen-bond acceptors (Lipinski definition) is 4. The van der Waals surface area contributed by atoms with Crippen molar-refractivity contribution in [1.82, 2.24) is 15.3 Å². The van der Waals surface area contributed by atoms with Gasteiger partial charge >= 0.3 is 0 Å². The number of aromatic nitrogens is 2. The first-order valence-electron chi connectivity index (χ1n) is 7.82. The Bertz CT molecular complexity index is 357. The van der Waals surface area contributed by atoms with Gasteiger partial charge in [-0.15, -0.1) is 0 Å². The van der Waals surface area contributed by atoms with Crippen LogP contribution in [0.2, 0.25) is 0 Å². The van der Waals surface area contributed by atoms with Crippen molar-refractivity contribution in [2.75, 3.05) is 14.2 Å². The molecule has 1 aromatic rings. The van der Waals surface area contributed by atoms with Crippen molar-refractivity contribution in [2.45, 2.75) is 64.3 Å². The van der Waals surface area contributed by atoms with Gasteiger partial charge in [-0.05, 0) is 13.5 Å². The van der Waals surface area contributed by atoms with Crippen LogP contribution in [0.4, 0.5) is 0 Å². The lowest BCUT2D eigenvalue weighted by Gasteiger charge is -2.15. The third kappa shape index (κ3) is 6.85. The summed E-state index contributed by atoms with van der Waals surface area (Å²) in [4.78, 5) is 8.35. The third-order valence-corrected chi connectivity index (χ3v) is 3.68. The standard InChI is InChI=1S/C16H29N3O/c1-4-5-6-7-8-9-10-14(17-2)11-15-12-16(20-3)19-13-18-15/h12-14,17H,4-11H2,1-3H3. The van der Waals surface area contributed by atoms with Crippen LogP contribution >= 0.6 is 0 Å². The molecule has 0 aliphatic rings. The fourth-order valence-corrected chi connectivity index (χ4v) is 2.37. The maximum Gasteiger partial charge on any atom is 0.216 e. The molecule has 0 spiro atoms. The molecule has 1 rings (SSSR count). The van der Waals surface area contributed by atoms with E-state index in [-0.39, 0.29) is 0 Å². The number of rotatable bonds is 11. The molecule has 114 valence electrons. The minimum Gasteiger partial charge on any atom is -0.481 e. The van der Waals surface area contributed by atoms with Gasteiger partial charge in [-0.3, -0.25) is 0 Å². The summed E-state index contributed by atoms with van der Waals surface area (Å²) in [6.07, 6.45) is 11.8. The van der Waals surface area contributed by atoms with E-state index in [1.807, 2.05) is 13.1 Å². The summed E-state index contributed by atoms with van der Waals surface area (Å²) in [5, 5.41) is 3.39. The van der Waals surface area contributed by atoms with Crippen LogP contribution in [0.25, 0.3) is 0 Å². The van der Waals surface area contributed by atoms with Crippen LogP contribution in [0.5, 0.6) is 5.88 Å². The van der Waals surface area contributed by atoms with Gasteiger partial charge in [0.05, 0.1) is 7.11 Å². The maximum absolute atomic E-state index is 5.13. The molecule has 1 atom stereocenters. The molecule has 0 amide bonds. The average molecular weight is 279 g/mol. The normalized spacial score (nSPS) is 12.3. The van der Waals surface area contributed by atoms with Crippen LogP contribution in [0.15, 0.2) is 12.4 Å². The van der Waals surface area contributed by atoms with E-state index < -0.39 is 0 Å². The number of hydrogen-bond donors (Lipinski definition) is 1. The summed E-state index contributed by atoms with van der Waals surface area (Å²) >= 11 is 0. The van der Waals surface area contributed by atoms with E-state index in [2.05, 4.69) is 22.2 Å². The second-order valence-electron chi connectivity index (χ2n) is 5.30. The zero-order chi connectivity index (χ0) is 14.6. The van der Waals surface area contributed by atoms with Crippen LogP contribution < -0.4 is 10.1 Å². The summed E-state index contributed by atoms with van der Waals surface area (Å²) in [5.41, 5.74) is 1.04. The van der Waals surface area contributed by atoms with E-state index in [0.29, 0.717) is 11.9 Å². The van der Waals surface area contributed by atoms with E-state index >= 15 is 0 Å². The summed E-state index contributed by atoms with van der Waals surface area (Å²) in [6, 6.07) is 2.41. The van der Waals surface area contributed by atoms with Gasteiger partial charge in [0, 0.05) is 24.2 Å². The second-order valence-corrected chi connectivity index (χ2v) is 5.30. The van der Waals surface area contributed by atoms with Crippen molar-refractivity contribution < 1.29 is 4.74 Å². The van der Waals surface area contributed by atoms with E-state index in [1.54, 1.807) is 13.4 Å². The minimum absolute atomic E-state index is 0.487. The number of nitrogens with zero attached hydrogens (tertiary/aromatic N) is 2. The van der Waals surface area contributed by atoms with Gasteiger partial charge in [0.25, 0.3) is 0 Å². The van der Waals surface area contributed by atoms with Crippen LogP contribution in [0, 0.1) is 0 Å². The zero-order valence-electron chi connectivity index (χ0n) is 13.2. The summed E-state index contributed by atoms with van der Waals surface area (Å²) in [5.74, 6) is 0.643. The third-order valence-electron chi connectivity index (χ3n) is 3.68. The predicted molar refractivity (Wildman–Crippen MR) is 83.1 cm³/mol. The number of nitrogens with one attached hydrogen (secondary N) is 1. The van der Waals surface area contributed by atoms with Crippen molar-refractivity contribution >= 4 is 0 Å². The van der Waals surface area contributed by atoms with E-state index in [9.17, 15) is 0 Å².